The first-order valence-corrected chi connectivity index (χ1v) is 28.7. The monoisotopic (exact) mass is 1050 g/mol. The number of hydrogen-bond acceptors (Lipinski definition) is 13. The van der Waals surface area contributed by atoms with E-state index in [0.717, 1.165) is 120 Å². The van der Waals surface area contributed by atoms with Gasteiger partial charge in [-0.05, 0) is 141 Å². The Hall–Kier alpha value is -6.53. The van der Waals surface area contributed by atoms with Crippen molar-refractivity contribution < 1.29 is 32.7 Å². The van der Waals surface area contributed by atoms with E-state index >= 15 is 0 Å². The number of rotatable bonds is 15. The maximum absolute atomic E-state index is 14.1. The standard InChI is InChI=1S/C59H70N8O8S/c1-39(2)48-11-4-5-12-49(48)53-38-64(37-43-9-6-8-41-10-7-29-74-55(41)43)27-28-66(53)45-33-59(34-45)22-25-65(26-23-59)44-13-15-50(54(31-44)75-46-30-42-19-24-60-56(42)62-36-46)57(68)63-76(72,73)47-14-16-51(52(32-47)67(70)71)61-35-40-17-20-58(3,69)21-18-40/h4-6,8-9,11-16,19,24,30-32,36,39-40,45,53,61,69H,7,10,17-18,20-23,25-29,33-35,37-38H2,1-3H3,(H,60,62)(H,63,68)/t40-,53?,58-. The Morgan fingerprint density at radius 2 is 1.78 bits per heavy atom. The predicted octanol–water partition coefficient (Wildman–Crippen LogP) is 10.5. The van der Waals surface area contributed by atoms with E-state index in [1.807, 2.05) is 19.1 Å². The summed E-state index contributed by atoms with van der Waals surface area (Å²) in [6, 6.07) is 28.9. The van der Waals surface area contributed by atoms with Gasteiger partial charge in [-0.1, -0.05) is 56.3 Å². The number of nitrogens with one attached hydrogen (secondary N) is 3. The lowest BCUT2D eigenvalue weighted by Crippen LogP contribution is -2.60. The first-order chi connectivity index (χ1) is 36.6. The Morgan fingerprint density at radius 3 is 2.57 bits per heavy atom. The van der Waals surface area contributed by atoms with Crippen molar-refractivity contribution in [2.45, 2.75) is 120 Å². The van der Waals surface area contributed by atoms with Crippen LogP contribution < -0.4 is 24.4 Å². The summed E-state index contributed by atoms with van der Waals surface area (Å²) in [6.45, 7) is 13.1. The van der Waals surface area contributed by atoms with Crippen molar-refractivity contribution in [2.24, 2.45) is 11.3 Å². The van der Waals surface area contributed by atoms with Crippen LogP contribution in [0.2, 0.25) is 0 Å². The van der Waals surface area contributed by atoms with Crippen molar-refractivity contribution in [2.75, 3.05) is 56.1 Å². The Bertz CT molecular complexity index is 3220. The van der Waals surface area contributed by atoms with Gasteiger partial charge < -0.3 is 29.8 Å². The van der Waals surface area contributed by atoms with Crippen molar-refractivity contribution in [1.29, 1.82) is 0 Å². The summed E-state index contributed by atoms with van der Waals surface area (Å²) in [5.41, 5.74) is 6.23. The molecule has 2 saturated heterocycles. The number of nitro groups is 1. The number of fused-ring (bicyclic) bond motifs is 2. The predicted molar refractivity (Wildman–Crippen MR) is 294 cm³/mol. The van der Waals surface area contributed by atoms with E-state index in [9.17, 15) is 28.4 Å². The second kappa shape index (κ2) is 21.1. The number of nitrogens with zero attached hydrogens (tertiary/aromatic N) is 5. The van der Waals surface area contributed by atoms with Gasteiger partial charge >= 0.3 is 0 Å². The van der Waals surface area contributed by atoms with E-state index in [1.165, 1.54) is 34.4 Å². The number of pyridine rings is 1. The summed E-state index contributed by atoms with van der Waals surface area (Å²) < 4.78 is 42.6. The highest BCUT2D eigenvalue weighted by Gasteiger charge is 2.50. The number of H-pyrrole nitrogens is 1. The molecule has 4 aromatic carbocycles. The van der Waals surface area contributed by atoms with Gasteiger partial charge in [0.15, 0.2) is 0 Å². The van der Waals surface area contributed by atoms with Crippen LogP contribution in [0.4, 0.5) is 17.1 Å². The average Bonchev–Trinajstić information content (AvgIpc) is 3.92. The molecule has 0 radical (unpaired) electrons. The molecule has 4 fully saturated rings. The molecule has 76 heavy (non-hydrogen) atoms. The number of ether oxygens (including phenoxy) is 2. The molecule has 5 aliphatic rings. The number of carbonyl (C=O) groups is 1. The maximum atomic E-state index is 14.1. The zero-order valence-corrected chi connectivity index (χ0v) is 44.6. The number of aryl methyl sites for hydroxylation is 1. The molecule has 2 aliphatic carbocycles. The van der Waals surface area contributed by atoms with Crippen molar-refractivity contribution in [3.05, 3.63) is 141 Å². The summed E-state index contributed by atoms with van der Waals surface area (Å²) in [7, 11) is -4.59. The molecule has 400 valence electrons. The van der Waals surface area contributed by atoms with Gasteiger partial charge in [-0.3, -0.25) is 24.7 Å². The molecule has 4 N–H and O–H groups in total. The minimum atomic E-state index is -4.59. The molecule has 16 nitrogen and oxygen atoms in total. The SMILES string of the molecule is CC(C)c1ccccc1C1CN(Cc2cccc3c2OCCC3)CCN1C1CC2(CCN(c3ccc(C(=O)NS(=O)(=O)c4ccc(NC[C@H]5CC[C@](C)(O)CC5)c([N+](=O)[O-])c4)c(Oc4cnc5[nH]ccc5c4)c3)CC2)C1. The van der Waals surface area contributed by atoms with E-state index in [2.05, 4.69) is 91.0 Å². The summed E-state index contributed by atoms with van der Waals surface area (Å²) in [6.07, 6.45) is 12.6. The fraction of sp³-hybridized carbons (Fsp3) is 0.458. The third-order valence-corrected chi connectivity index (χ3v) is 18.5. The highest BCUT2D eigenvalue weighted by atomic mass is 32.2. The number of aromatic amines is 1. The zero-order valence-electron chi connectivity index (χ0n) is 43.8. The van der Waals surface area contributed by atoms with Crippen LogP contribution in [0, 0.1) is 21.4 Å². The molecule has 1 spiro atoms. The van der Waals surface area contributed by atoms with Crippen LogP contribution >= 0.6 is 0 Å². The van der Waals surface area contributed by atoms with Gasteiger partial charge in [-0.2, -0.15) is 0 Å². The normalized spacial score (nSPS) is 22.2. The minimum absolute atomic E-state index is 0.0267. The molecule has 0 bridgehead atoms. The highest BCUT2D eigenvalue weighted by molar-refractivity contribution is 7.90. The number of aromatic nitrogens is 2. The summed E-state index contributed by atoms with van der Waals surface area (Å²) >= 11 is 0. The number of anilines is 2. The quantitative estimate of drug-likeness (QED) is 0.0561. The highest BCUT2D eigenvalue weighted by Crippen LogP contribution is 2.53. The number of benzene rings is 4. The number of para-hydroxylation sites is 1. The molecule has 2 aromatic heterocycles. The van der Waals surface area contributed by atoms with E-state index in [1.54, 1.807) is 30.6 Å². The molecule has 1 amide bonds. The van der Waals surface area contributed by atoms with Crippen LogP contribution in [0.25, 0.3) is 11.0 Å². The van der Waals surface area contributed by atoms with Crippen LogP contribution in [0.1, 0.15) is 123 Å². The number of amides is 1. The van der Waals surface area contributed by atoms with Crippen LogP contribution in [0.5, 0.6) is 17.2 Å². The third kappa shape index (κ3) is 10.9. The molecule has 11 rings (SSSR count). The molecular formula is C59H70N8O8S. The molecule has 5 heterocycles. The second-order valence-corrected chi connectivity index (χ2v) is 24.4. The fourth-order valence-corrected chi connectivity index (χ4v) is 13.7. The second-order valence-electron chi connectivity index (χ2n) is 22.7. The van der Waals surface area contributed by atoms with Gasteiger partial charge in [-0.25, -0.2) is 18.1 Å². The zero-order chi connectivity index (χ0) is 52.8. The molecule has 2 saturated carbocycles. The number of aliphatic hydroxyl groups is 1. The molecule has 1 unspecified atom stereocenters. The molecular weight excluding hydrogens is 981 g/mol. The van der Waals surface area contributed by atoms with Crippen molar-refractivity contribution in [3.8, 4) is 17.2 Å². The Balaban J connectivity index is 0.780. The average molecular weight is 1050 g/mol. The van der Waals surface area contributed by atoms with E-state index in [0.29, 0.717) is 42.7 Å². The molecule has 6 aromatic rings. The number of sulfonamides is 1. The first-order valence-electron chi connectivity index (χ1n) is 27.2. The maximum Gasteiger partial charge on any atom is 0.293 e. The minimum Gasteiger partial charge on any atom is -0.493 e. The fourth-order valence-electron chi connectivity index (χ4n) is 12.8. The van der Waals surface area contributed by atoms with Gasteiger partial charge in [-0.15, -0.1) is 0 Å². The number of piperazine rings is 1. The largest absolute Gasteiger partial charge is 0.493 e. The van der Waals surface area contributed by atoms with Gasteiger partial charge in [0, 0.05) is 92.9 Å². The van der Waals surface area contributed by atoms with Gasteiger partial charge in [0.05, 0.1) is 33.8 Å². The Kier molecular flexibility index (Phi) is 14.3. The molecule has 3 aliphatic heterocycles. The van der Waals surface area contributed by atoms with Gasteiger partial charge in [0.1, 0.15) is 28.6 Å². The van der Waals surface area contributed by atoms with Crippen molar-refractivity contribution in [1.82, 2.24) is 24.5 Å². The van der Waals surface area contributed by atoms with Gasteiger partial charge in [0.2, 0.25) is 0 Å². The number of piperidine rings is 1. The van der Waals surface area contributed by atoms with Crippen molar-refractivity contribution in [3.63, 3.8) is 0 Å². The smallest absolute Gasteiger partial charge is 0.293 e. The topological polar surface area (TPSA) is 195 Å². The van der Waals surface area contributed by atoms with Crippen molar-refractivity contribution >= 4 is 44.0 Å². The third-order valence-electron chi connectivity index (χ3n) is 17.2. The van der Waals surface area contributed by atoms with Crippen LogP contribution in [-0.4, -0.2) is 102 Å². The molecule has 17 heteroatoms. The van der Waals surface area contributed by atoms with E-state index in [-0.39, 0.29) is 34.4 Å². The van der Waals surface area contributed by atoms with Crippen LogP contribution in [-0.2, 0) is 23.0 Å². The summed E-state index contributed by atoms with van der Waals surface area (Å²) in [4.78, 5) is 40.7. The lowest BCUT2D eigenvalue weighted by Gasteiger charge is -2.58. The van der Waals surface area contributed by atoms with E-state index in [4.69, 9.17) is 9.47 Å². The Labute approximate surface area is 445 Å². The lowest BCUT2D eigenvalue weighted by molar-refractivity contribution is -0.384. The van der Waals surface area contributed by atoms with Crippen LogP contribution in [0.3, 0.4) is 0 Å². The molecule has 1 atom stereocenters. The van der Waals surface area contributed by atoms with Gasteiger partial charge in [0.25, 0.3) is 21.6 Å². The summed E-state index contributed by atoms with van der Waals surface area (Å²) in [5.74, 6) is 1.27. The summed E-state index contributed by atoms with van der Waals surface area (Å²) in [5, 5.41) is 26.5. The van der Waals surface area contributed by atoms with E-state index < -0.39 is 37.0 Å². The van der Waals surface area contributed by atoms with Crippen LogP contribution in [0.15, 0.2) is 108 Å². The number of carbonyl (C=O) groups excluding carboxylic acids is 1. The Morgan fingerprint density at radius 1 is 0.974 bits per heavy atom. The first kappa shape index (κ1) is 51.6. The number of nitro benzene ring substituents is 1. The number of hydrogen-bond donors (Lipinski definition) is 4. The lowest BCUT2D eigenvalue weighted by atomic mass is 9.59.